The average molecular weight is 701 g/mol. The second-order valence-corrected chi connectivity index (χ2v) is 14.5. The van der Waals surface area contributed by atoms with E-state index in [2.05, 4.69) is 42.7 Å². The van der Waals surface area contributed by atoms with E-state index >= 15 is 0 Å². The molecule has 0 heterocycles. The quantitative estimate of drug-likeness (QED) is 0.0287. The molecule has 0 aromatic heterocycles. The van der Waals surface area contributed by atoms with Gasteiger partial charge in [-0.1, -0.05) is 141 Å². The summed E-state index contributed by atoms with van der Waals surface area (Å²) in [6.45, 7) is 3.66. The number of phosphoric acid groups is 1. The van der Waals surface area contributed by atoms with Crippen LogP contribution in [0.15, 0.2) is 24.3 Å². The Morgan fingerprint density at radius 3 is 1.27 bits per heavy atom. The van der Waals surface area contributed by atoms with E-state index in [1.807, 2.05) is 0 Å². The van der Waals surface area contributed by atoms with Crippen molar-refractivity contribution in [1.82, 2.24) is 0 Å². The minimum atomic E-state index is -4.75. The van der Waals surface area contributed by atoms with Crippen molar-refractivity contribution in [1.29, 1.82) is 0 Å². The number of carbonyl (C=O) groups is 2. The van der Waals surface area contributed by atoms with E-state index in [1.54, 1.807) is 0 Å². The van der Waals surface area contributed by atoms with E-state index in [0.29, 0.717) is 12.8 Å². The van der Waals surface area contributed by atoms with Gasteiger partial charge in [0, 0.05) is 12.8 Å². The summed E-state index contributed by atoms with van der Waals surface area (Å²) in [7, 11) is -4.75. The first-order valence-corrected chi connectivity index (χ1v) is 21.2. The fourth-order valence-corrected chi connectivity index (χ4v) is 5.84. The van der Waals surface area contributed by atoms with Gasteiger partial charge in [0.2, 0.25) is 0 Å². The van der Waals surface area contributed by atoms with Crippen molar-refractivity contribution < 1.29 is 37.9 Å². The molecule has 9 heteroatoms. The van der Waals surface area contributed by atoms with E-state index in [9.17, 15) is 14.2 Å². The van der Waals surface area contributed by atoms with Crippen molar-refractivity contribution in [2.45, 2.75) is 200 Å². The largest absolute Gasteiger partial charge is 0.469 e. The first-order valence-electron chi connectivity index (χ1n) is 19.6. The Balaban J connectivity index is 3.97. The highest BCUT2D eigenvalue weighted by atomic mass is 31.2. The summed E-state index contributed by atoms with van der Waals surface area (Å²) in [5.74, 6) is -0.901. The van der Waals surface area contributed by atoms with Crippen LogP contribution in [0.4, 0.5) is 0 Å². The number of ether oxygens (including phenoxy) is 2. The molecular weight excluding hydrogens is 627 g/mol. The Kier molecular flexibility index (Phi) is 34.3. The summed E-state index contributed by atoms with van der Waals surface area (Å²) in [6.07, 6.45) is 38.9. The smallest absolute Gasteiger partial charge is 0.462 e. The molecular formula is C39H73O8P. The Morgan fingerprint density at radius 2 is 0.875 bits per heavy atom. The molecule has 0 aliphatic carbocycles. The number of hydrogen-bond acceptors (Lipinski definition) is 6. The third kappa shape index (κ3) is 37.4. The predicted molar refractivity (Wildman–Crippen MR) is 198 cm³/mol. The summed E-state index contributed by atoms with van der Waals surface area (Å²) < 4.78 is 26.3. The number of phosphoric ester groups is 1. The van der Waals surface area contributed by atoms with E-state index in [4.69, 9.17) is 19.3 Å². The van der Waals surface area contributed by atoms with Gasteiger partial charge in [-0.3, -0.25) is 14.1 Å². The van der Waals surface area contributed by atoms with E-state index in [1.165, 1.54) is 89.9 Å². The highest BCUT2D eigenvalue weighted by molar-refractivity contribution is 7.46. The predicted octanol–water partition coefficient (Wildman–Crippen LogP) is 11.6. The van der Waals surface area contributed by atoms with Crippen LogP contribution in [-0.4, -0.2) is 41.0 Å². The summed E-state index contributed by atoms with van der Waals surface area (Å²) in [6, 6.07) is 0. The molecule has 0 unspecified atom stereocenters. The lowest BCUT2D eigenvalue weighted by atomic mass is 10.1. The minimum absolute atomic E-state index is 0.202. The standard InChI is InChI=1S/C39H73O8P/c1-3-5-7-9-11-13-15-17-19-21-23-25-27-29-31-33-38(40)45-35-37(36-46-48(42,43)44)47-39(41)34-32-30-28-26-24-22-20-18-16-14-12-10-8-6-4-2/h17-20,37H,3-16,21-36H2,1-2H3,(H2,42,43,44)/b19-17+,20-18-/t37-/m1/s1. The first-order chi connectivity index (χ1) is 23.3. The second-order valence-electron chi connectivity index (χ2n) is 13.2. The lowest BCUT2D eigenvalue weighted by Gasteiger charge is -2.18. The zero-order valence-electron chi connectivity index (χ0n) is 30.9. The maximum atomic E-state index is 12.4. The normalized spacial score (nSPS) is 12.7. The Hall–Kier alpha value is -1.47. The fourth-order valence-electron chi connectivity index (χ4n) is 5.48. The third-order valence-corrected chi connectivity index (χ3v) is 8.93. The van der Waals surface area contributed by atoms with Gasteiger partial charge in [-0.15, -0.1) is 0 Å². The molecule has 0 aromatic carbocycles. The van der Waals surface area contributed by atoms with Crippen LogP contribution in [0.5, 0.6) is 0 Å². The molecule has 0 bridgehead atoms. The van der Waals surface area contributed by atoms with Crippen molar-refractivity contribution in [3.63, 3.8) is 0 Å². The number of rotatable bonds is 36. The van der Waals surface area contributed by atoms with E-state index in [-0.39, 0.29) is 19.4 Å². The number of carbonyl (C=O) groups excluding carboxylic acids is 2. The van der Waals surface area contributed by atoms with Crippen molar-refractivity contribution >= 4 is 19.8 Å². The molecule has 0 aliphatic rings. The zero-order valence-corrected chi connectivity index (χ0v) is 31.8. The van der Waals surface area contributed by atoms with Crippen LogP contribution >= 0.6 is 7.82 Å². The molecule has 48 heavy (non-hydrogen) atoms. The van der Waals surface area contributed by atoms with Crippen LogP contribution in [0.25, 0.3) is 0 Å². The van der Waals surface area contributed by atoms with Gasteiger partial charge in [0.25, 0.3) is 0 Å². The van der Waals surface area contributed by atoms with Crippen LogP contribution in [-0.2, 0) is 28.2 Å². The number of allylic oxidation sites excluding steroid dienone is 4. The monoisotopic (exact) mass is 701 g/mol. The first kappa shape index (κ1) is 46.5. The van der Waals surface area contributed by atoms with Crippen molar-refractivity contribution in [2.75, 3.05) is 13.2 Å². The molecule has 8 nitrogen and oxygen atoms in total. The van der Waals surface area contributed by atoms with E-state index in [0.717, 1.165) is 64.2 Å². The molecule has 0 saturated heterocycles. The summed E-state index contributed by atoms with van der Waals surface area (Å²) in [5.41, 5.74) is 0. The topological polar surface area (TPSA) is 119 Å². The van der Waals surface area contributed by atoms with E-state index < -0.39 is 32.5 Å². The minimum Gasteiger partial charge on any atom is -0.462 e. The van der Waals surface area contributed by atoms with Gasteiger partial charge in [-0.2, -0.15) is 0 Å². The van der Waals surface area contributed by atoms with Gasteiger partial charge >= 0.3 is 19.8 Å². The van der Waals surface area contributed by atoms with Gasteiger partial charge in [0.15, 0.2) is 6.10 Å². The lowest BCUT2D eigenvalue weighted by Crippen LogP contribution is -2.29. The molecule has 282 valence electrons. The number of esters is 2. The Morgan fingerprint density at radius 1 is 0.521 bits per heavy atom. The molecule has 0 aliphatic heterocycles. The maximum absolute atomic E-state index is 12.4. The van der Waals surface area contributed by atoms with Crippen molar-refractivity contribution in [3.8, 4) is 0 Å². The molecule has 0 saturated carbocycles. The second kappa shape index (κ2) is 35.4. The van der Waals surface area contributed by atoms with Gasteiger partial charge in [0.05, 0.1) is 6.61 Å². The zero-order chi connectivity index (χ0) is 35.4. The van der Waals surface area contributed by atoms with Crippen LogP contribution in [0.3, 0.4) is 0 Å². The average Bonchev–Trinajstić information content (AvgIpc) is 3.05. The van der Waals surface area contributed by atoms with Gasteiger partial charge in [0.1, 0.15) is 6.61 Å². The Labute approximate surface area is 294 Å². The number of unbranched alkanes of at least 4 members (excludes halogenated alkanes) is 22. The highest BCUT2D eigenvalue weighted by Gasteiger charge is 2.22. The molecule has 0 radical (unpaired) electrons. The molecule has 1 atom stereocenters. The van der Waals surface area contributed by atoms with Crippen molar-refractivity contribution in [2.24, 2.45) is 0 Å². The molecule has 0 spiro atoms. The highest BCUT2D eigenvalue weighted by Crippen LogP contribution is 2.36. The molecule has 0 fully saturated rings. The molecule has 0 aromatic rings. The van der Waals surface area contributed by atoms with Crippen LogP contribution in [0, 0.1) is 0 Å². The summed E-state index contributed by atoms with van der Waals surface area (Å²) >= 11 is 0. The SMILES string of the molecule is CCCCCCCC/C=C\CCCCCCCC(=O)O[C@H](COC(=O)CCCCCCC/C=C/CCCCCCCC)COP(=O)(O)O. The Bertz CT molecular complexity index is 838. The summed E-state index contributed by atoms with van der Waals surface area (Å²) in [5, 5.41) is 0. The van der Waals surface area contributed by atoms with Gasteiger partial charge in [-0.25, -0.2) is 4.57 Å². The lowest BCUT2D eigenvalue weighted by molar-refractivity contribution is -0.161. The third-order valence-electron chi connectivity index (χ3n) is 8.44. The van der Waals surface area contributed by atoms with Crippen molar-refractivity contribution in [3.05, 3.63) is 24.3 Å². The van der Waals surface area contributed by atoms with Gasteiger partial charge in [-0.05, 0) is 64.2 Å². The summed E-state index contributed by atoms with van der Waals surface area (Å²) in [4.78, 5) is 42.7. The van der Waals surface area contributed by atoms with Crippen LogP contribution in [0.1, 0.15) is 194 Å². The van der Waals surface area contributed by atoms with Crippen LogP contribution in [0.2, 0.25) is 0 Å². The maximum Gasteiger partial charge on any atom is 0.469 e. The fraction of sp³-hybridized carbons (Fsp3) is 0.846. The van der Waals surface area contributed by atoms with Crippen LogP contribution < -0.4 is 0 Å². The van der Waals surface area contributed by atoms with Gasteiger partial charge < -0.3 is 19.3 Å². The molecule has 0 amide bonds. The molecule has 0 rings (SSSR count). The number of hydrogen-bond donors (Lipinski definition) is 2. The molecule has 2 N–H and O–H groups in total.